The first-order valence-corrected chi connectivity index (χ1v) is 10.7. The first-order chi connectivity index (χ1) is 16.7. The molecule has 35 heavy (non-hydrogen) atoms. The summed E-state index contributed by atoms with van der Waals surface area (Å²) in [5, 5.41) is 13.7. The summed E-state index contributed by atoms with van der Waals surface area (Å²) in [6, 6.07) is 16.2. The highest BCUT2D eigenvalue weighted by atomic mass is 19.1. The minimum atomic E-state index is -1.83. The molecule has 1 N–H and O–H groups in total. The summed E-state index contributed by atoms with van der Waals surface area (Å²) in [6.45, 7) is 0. The van der Waals surface area contributed by atoms with Gasteiger partial charge in [-0.15, -0.1) is 0 Å². The highest BCUT2D eigenvalue weighted by Crippen LogP contribution is 2.52. The lowest BCUT2D eigenvalue weighted by molar-refractivity contribution is -0.384. The molecule has 0 saturated carbocycles. The van der Waals surface area contributed by atoms with Crippen molar-refractivity contribution < 1.29 is 23.7 Å². The third-order valence-electron chi connectivity index (χ3n) is 6.59. The molecule has 0 unspecified atom stereocenters. The van der Waals surface area contributed by atoms with Gasteiger partial charge in [0.05, 0.1) is 16.7 Å². The summed E-state index contributed by atoms with van der Waals surface area (Å²) in [4.78, 5) is 54.0. The van der Waals surface area contributed by atoms with E-state index in [2.05, 4.69) is 5.32 Å². The molecular weight excluding hydrogens is 455 g/mol. The van der Waals surface area contributed by atoms with Crippen molar-refractivity contribution in [3.63, 3.8) is 0 Å². The van der Waals surface area contributed by atoms with Crippen molar-refractivity contribution in [2.75, 3.05) is 16.8 Å². The van der Waals surface area contributed by atoms with Gasteiger partial charge in [0.2, 0.25) is 5.91 Å². The Morgan fingerprint density at radius 3 is 2.37 bits per heavy atom. The lowest BCUT2D eigenvalue weighted by Gasteiger charge is -2.50. The molecule has 10 heteroatoms. The van der Waals surface area contributed by atoms with Gasteiger partial charge in [-0.25, -0.2) is 14.1 Å². The van der Waals surface area contributed by atoms with Crippen LogP contribution in [0.15, 0.2) is 72.8 Å². The number of rotatable bonds is 3. The minimum Gasteiger partial charge on any atom is -0.366 e. The maximum absolute atomic E-state index is 14.2. The Labute approximate surface area is 198 Å². The van der Waals surface area contributed by atoms with Crippen LogP contribution in [0.5, 0.6) is 0 Å². The molecular formula is C25H19FN4O5. The van der Waals surface area contributed by atoms with E-state index >= 15 is 0 Å². The molecule has 2 heterocycles. The van der Waals surface area contributed by atoms with Gasteiger partial charge in [-0.3, -0.25) is 25.0 Å². The van der Waals surface area contributed by atoms with Crippen LogP contribution in [0.3, 0.4) is 0 Å². The smallest absolute Gasteiger partial charge is 0.335 e. The van der Waals surface area contributed by atoms with Gasteiger partial charge in [0.15, 0.2) is 5.41 Å². The van der Waals surface area contributed by atoms with E-state index in [9.17, 15) is 28.9 Å². The van der Waals surface area contributed by atoms with Crippen LogP contribution in [0.25, 0.3) is 0 Å². The fourth-order valence-electron chi connectivity index (χ4n) is 5.06. The minimum absolute atomic E-state index is 0.0973. The number of anilines is 2. The van der Waals surface area contributed by atoms with Gasteiger partial charge >= 0.3 is 6.03 Å². The number of nitrogens with one attached hydrogen (secondary N) is 1. The van der Waals surface area contributed by atoms with Crippen LogP contribution < -0.4 is 15.1 Å². The maximum Gasteiger partial charge on any atom is 0.335 e. The van der Waals surface area contributed by atoms with Crippen LogP contribution in [0.2, 0.25) is 0 Å². The van der Waals surface area contributed by atoms with Crippen LogP contribution in [-0.2, 0) is 16.0 Å². The van der Waals surface area contributed by atoms with E-state index in [1.807, 2.05) is 0 Å². The molecule has 5 rings (SSSR count). The summed E-state index contributed by atoms with van der Waals surface area (Å²) >= 11 is 0. The van der Waals surface area contributed by atoms with E-state index in [0.717, 1.165) is 17.0 Å². The number of halogens is 1. The standard InChI is InChI=1S/C25H19FN4O5/c1-28-20-12-11-19(30(34)35)13-16(20)14-25(21(28)15-5-3-2-4-6-15)22(31)27-24(33)29(23(25)32)18-9-7-17(26)8-10-18/h2-13,21H,14H2,1H3,(H,27,31,33)/t21-,25-/m0/s1. The number of nitro groups is 1. The molecule has 2 atom stereocenters. The topological polar surface area (TPSA) is 113 Å². The molecule has 1 saturated heterocycles. The van der Waals surface area contributed by atoms with Gasteiger partial charge in [-0.1, -0.05) is 30.3 Å². The lowest BCUT2D eigenvalue weighted by Crippen LogP contribution is -2.69. The number of hydrogen-bond donors (Lipinski definition) is 1. The normalized spacial score (nSPS) is 21.7. The van der Waals surface area contributed by atoms with Crippen molar-refractivity contribution in [1.82, 2.24) is 5.32 Å². The number of carbonyl (C=O) groups excluding carboxylic acids is 3. The number of fused-ring (bicyclic) bond motifs is 1. The number of nitro benzene ring substituents is 1. The van der Waals surface area contributed by atoms with Crippen molar-refractivity contribution >= 4 is 34.9 Å². The summed E-state index contributed by atoms with van der Waals surface area (Å²) < 4.78 is 13.5. The van der Waals surface area contributed by atoms with Gasteiger partial charge in [0, 0.05) is 31.3 Å². The Morgan fingerprint density at radius 2 is 1.71 bits per heavy atom. The first kappa shape index (κ1) is 22.2. The molecule has 1 spiro atoms. The second-order valence-electron chi connectivity index (χ2n) is 8.52. The number of barbiturate groups is 1. The molecule has 176 valence electrons. The van der Waals surface area contributed by atoms with Crippen LogP contribution in [0.4, 0.5) is 26.2 Å². The largest absolute Gasteiger partial charge is 0.366 e. The SMILES string of the molecule is CN1c2ccc([N+](=O)[O-])cc2C[C@@]2(C(=O)NC(=O)N(c3ccc(F)cc3)C2=O)[C@@H]1c1ccccc1. The number of nitrogens with zero attached hydrogens (tertiary/aromatic N) is 3. The molecule has 0 aliphatic carbocycles. The molecule has 2 aliphatic rings. The van der Waals surface area contributed by atoms with Gasteiger partial charge < -0.3 is 4.90 Å². The Hall–Kier alpha value is -4.60. The average Bonchev–Trinajstić information content (AvgIpc) is 2.84. The number of urea groups is 1. The lowest BCUT2D eigenvalue weighted by atomic mass is 9.66. The number of benzene rings is 3. The summed E-state index contributed by atoms with van der Waals surface area (Å²) in [6.07, 6.45) is -0.177. The van der Waals surface area contributed by atoms with Crippen LogP contribution in [0, 0.1) is 21.3 Å². The second kappa shape index (κ2) is 8.01. The van der Waals surface area contributed by atoms with E-state index in [1.54, 1.807) is 48.3 Å². The monoisotopic (exact) mass is 474 g/mol. The van der Waals surface area contributed by atoms with E-state index in [1.165, 1.54) is 24.3 Å². The molecule has 1 fully saturated rings. The van der Waals surface area contributed by atoms with Gasteiger partial charge in [0.1, 0.15) is 5.82 Å². The zero-order valence-electron chi connectivity index (χ0n) is 18.5. The number of carbonyl (C=O) groups is 3. The number of non-ortho nitro benzene ring substituents is 1. The molecule has 0 radical (unpaired) electrons. The number of hydrogen-bond acceptors (Lipinski definition) is 6. The fourth-order valence-corrected chi connectivity index (χ4v) is 5.06. The van der Waals surface area contributed by atoms with Gasteiger partial charge in [-0.2, -0.15) is 0 Å². The molecule has 2 aliphatic heterocycles. The summed E-state index contributed by atoms with van der Waals surface area (Å²) in [5.41, 5.74) is -0.219. The third kappa shape index (κ3) is 3.33. The summed E-state index contributed by atoms with van der Waals surface area (Å²) in [7, 11) is 1.70. The van der Waals surface area contributed by atoms with Crippen molar-refractivity contribution in [2.45, 2.75) is 12.5 Å². The second-order valence-corrected chi connectivity index (χ2v) is 8.52. The molecule has 0 bridgehead atoms. The van der Waals surface area contributed by atoms with Gasteiger partial charge in [0.25, 0.3) is 11.6 Å². The highest BCUT2D eigenvalue weighted by Gasteiger charge is 2.62. The first-order valence-electron chi connectivity index (χ1n) is 10.7. The molecule has 3 aromatic rings. The van der Waals surface area contributed by atoms with E-state index in [4.69, 9.17) is 0 Å². The quantitative estimate of drug-likeness (QED) is 0.352. The Morgan fingerprint density at radius 1 is 1.03 bits per heavy atom. The third-order valence-corrected chi connectivity index (χ3v) is 6.59. The fraction of sp³-hybridized carbons (Fsp3) is 0.160. The molecule has 9 nitrogen and oxygen atoms in total. The number of amides is 4. The van der Waals surface area contributed by atoms with E-state index in [-0.39, 0.29) is 17.8 Å². The van der Waals surface area contributed by atoms with Crippen molar-refractivity contribution in [2.24, 2.45) is 5.41 Å². The highest BCUT2D eigenvalue weighted by molar-refractivity contribution is 6.30. The van der Waals surface area contributed by atoms with Crippen LogP contribution in [0.1, 0.15) is 17.2 Å². The van der Waals surface area contributed by atoms with Gasteiger partial charge in [-0.05, 0) is 41.5 Å². The van der Waals surface area contributed by atoms with Crippen molar-refractivity contribution in [3.05, 3.63) is 99.9 Å². The Bertz CT molecular complexity index is 1380. The Balaban J connectivity index is 1.74. The zero-order valence-corrected chi connectivity index (χ0v) is 18.5. The van der Waals surface area contributed by atoms with Crippen molar-refractivity contribution in [1.29, 1.82) is 0 Å². The maximum atomic E-state index is 14.2. The van der Waals surface area contributed by atoms with Crippen LogP contribution in [-0.4, -0.2) is 29.8 Å². The van der Waals surface area contributed by atoms with E-state index < -0.39 is 40.0 Å². The predicted octanol–water partition coefficient (Wildman–Crippen LogP) is 3.74. The molecule has 3 aromatic carbocycles. The summed E-state index contributed by atoms with van der Waals surface area (Å²) in [5.74, 6) is -2.15. The zero-order chi connectivity index (χ0) is 24.9. The molecule has 0 aromatic heterocycles. The van der Waals surface area contributed by atoms with Crippen molar-refractivity contribution in [3.8, 4) is 0 Å². The molecule has 4 amide bonds. The number of imide groups is 2. The van der Waals surface area contributed by atoms with Crippen LogP contribution >= 0.6 is 0 Å². The van der Waals surface area contributed by atoms with E-state index in [0.29, 0.717) is 16.8 Å². The average molecular weight is 474 g/mol. The Kier molecular flexibility index (Phi) is 5.08. The predicted molar refractivity (Wildman–Crippen MR) is 124 cm³/mol.